The van der Waals surface area contributed by atoms with Crippen LogP contribution in [0.5, 0.6) is 0 Å². The van der Waals surface area contributed by atoms with Gasteiger partial charge in [-0.3, -0.25) is 10.1 Å². The van der Waals surface area contributed by atoms with Crippen LogP contribution < -0.4 is 4.90 Å². The van der Waals surface area contributed by atoms with Gasteiger partial charge in [0, 0.05) is 37.6 Å². The first-order valence-electron chi connectivity index (χ1n) is 8.21. The quantitative estimate of drug-likeness (QED) is 0.583. The van der Waals surface area contributed by atoms with E-state index in [4.69, 9.17) is 11.6 Å². The van der Waals surface area contributed by atoms with Gasteiger partial charge in [-0.1, -0.05) is 31.0 Å². The van der Waals surface area contributed by atoms with Gasteiger partial charge < -0.3 is 4.90 Å². The third-order valence-electron chi connectivity index (χ3n) is 3.98. The van der Waals surface area contributed by atoms with E-state index in [9.17, 15) is 10.1 Å². The molecule has 1 aliphatic rings. The maximum absolute atomic E-state index is 10.8. The molecule has 7 heteroatoms. The van der Waals surface area contributed by atoms with Crippen molar-refractivity contribution in [3.8, 4) is 0 Å². The van der Waals surface area contributed by atoms with E-state index in [1.807, 2.05) is 13.8 Å². The number of nitrogens with zero attached hydrogens (tertiary/aromatic N) is 4. The van der Waals surface area contributed by atoms with Crippen molar-refractivity contribution in [3.05, 3.63) is 63.1 Å². The Balaban J connectivity index is 0.00000109. The minimum atomic E-state index is -0.391. The Kier molecular flexibility index (Phi) is 6.47. The maximum Gasteiger partial charge on any atom is 0.269 e. The average molecular weight is 361 g/mol. The van der Waals surface area contributed by atoms with Gasteiger partial charge in [-0.05, 0) is 36.6 Å². The molecule has 0 radical (unpaired) electrons. The maximum atomic E-state index is 10.8. The van der Waals surface area contributed by atoms with Gasteiger partial charge in [0.25, 0.3) is 5.69 Å². The Hall–Kier alpha value is -2.47. The number of nitro benzene ring substituents is 1. The molecule has 2 aromatic rings. The van der Waals surface area contributed by atoms with E-state index in [2.05, 4.69) is 21.8 Å². The van der Waals surface area contributed by atoms with Crippen LogP contribution in [0.15, 0.2) is 42.2 Å². The zero-order valence-corrected chi connectivity index (χ0v) is 15.3. The van der Waals surface area contributed by atoms with E-state index in [1.165, 1.54) is 17.7 Å². The highest BCUT2D eigenvalue weighted by atomic mass is 35.5. The number of hydrogen-bond acceptors (Lipinski definition) is 5. The molecule has 1 aliphatic heterocycles. The summed E-state index contributed by atoms with van der Waals surface area (Å²) in [6.45, 7) is 7.56. The highest BCUT2D eigenvalue weighted by Crippen LogP contribution is 2.31. The molecule has 0 spiro atoms. The second-order valence-corrected chi connectivity index (χ2v) is 5.76. The number of aromatic nitrogens is 2. The summed E-state index contributed by atoms with van der Waals surface area (Å²) in [6.07, 6.45) is 4.07. The van der Waals surface area contributed by atoms with E-state index in [-0.39, 0.29) is 5.69 Å². The fraction of sp³-hybridized carbons (Fsp3) is 0.333. The molecular weight excluding hydrogens is 340 g/mol. The summed E-state index contributed by atoms with van der Waals surface area (Å²) in [5.41, 5.74) is 3.50. The van der Waals surface area contributed by atoms with Crippen LogP contribution in [0, 0.1) is 10.1 Å². The molecule has 1 aromatic carbocycles. The Morgan fingerprint density at radius 1 is 1.16 bits per heavy atom. The van der Waals surface area contributed by atoms with Crippen molar-refractivity contribution in [2.75, 3.05) is 18.0 Å². The van der Waals surface area contributed by atoms with Gasteiger partial charge in [0.15, 0.2) is 11.0 Å². The third kappa shape index (κ3) is 4.33. The van der Waals surface area contributed by atoms with Gasteiger partial charge in [-0.25, -0.2) is 9.97 Å². The zero-order chi connectivity index (χ0) is 18.4. The summed E-state index contributed by atoms with van der Waals surface area (Å²) >= 11 is 6.14. The highest BCUT2D eigenvalue weighted by molar-refractivity contribution is 6.31. The lowest BCUT2D eigenvalue weighted by Crippen LogP contribution is -2.31. The molecule has 0 aliphatic carbocycles. The lowest BCUT2D eigenvalue weighted by molar-refractivity contribution is -0.384. The topological polar surface area (TPSA) is 72.2 Å². The Labute approximate surface area is 152 Å². The summed E-state index contributed by atoms with van der Waals surface area (Å²) in [7, 11) is 0. The molecular formula is C18H21ClN4O2. The molecule has 0 bridgehead atoms. The molecule has 1 aromatic heterocycles. The predicted octanol–water partition coefficient (Wildman–Crippen LogP) is 4.75. The van der Waals surface area contributed by atoms with Crippen LogP contribution in [0.1, 0.15) is 32.8 Å². The molecule has 132 valence electrons. The molecule has 0 unspecified atom stereocenters. The van der Waals surface area contributed by atoms with Crippen molar-refractivity contribution >= 4 is 28.7 Å². The van der Waals surface area contributed by atoms with E-state index >= 15 is 0 Å². The van der Waals surface area contributed by atoms with Crippen molar-refractivity contribution in [1.82, 2.24) is 9.97 Å². The number of non-ortho nitro benzene ring substituents is 1. The molecule has 0 saturated heterocycles. The Morgan fingerprint density at radius 3 is 2.40 bits per heavy atom. The normalized spacial score (nSPS) is 14.0. The van der Waals surface area contributed by atoms with Crippen molar-refractivity contribution in [2.24, 2.45) is 0 Å². The van der Waals surface area contributed by atoms with E-state index in [0.717, 1.165) is 24.1 Å². The number of halogens is 1. The van der Waals surface area contributed by atoms with E-state index in [1.54, 1.807) is 24.5 Å². The van der Waals surface area contributed by atoms with Crippen molar-refractivity contribution in [3.63, 3.8) is 0 Å². The van der Waals surface area contributed by atoms with Crippen LogP contribution in [-0.2, 0) is 0 Å². The van der Waals surface area contributed by atoms with Crippen molar-refractivity contribution in [1.29, 1.82) is 0 Å². The summed E-state index contributed by atoms with van der Waals surface area (Å²) < 4.78 is 0. The average Bonchev–Trinajstić information content (AvgIpc) is 2.64. The van der Waals surface area contributed by atoms with Gasteiger partial charge in [-0.2, -0.15) is 0 Å². The first-order chi connectivity index (χ1) is 12.1. The fourth-order valence-corrected chi connectivity index (χ4v) is 2.91. The largest absolute Gasteiger partial charge is 0.349 e. The van der Waals surface area contributed by atoms with Gasteiger partial charge in [0.2, 0.25) is 0 Å². The van der Waals surface area contributed by atoms with E-state index in [0.29, 0.717) is 17.5 Å². The number of hydrogen-bond donors (Lipinski definition) is 0. The standard InChI is InChI=1S/C16H15ClN4O2.C2H6/c1-11-6-9-20(16-15(17)18-7-8-19-16)10-14(11)12-2-4-13(5-3-12)21(22)23;1-2/h2-5,7-8H,6,9-10H2,1H3;1-2H3. The van der Waals surface area contributed by atoms with Crippen LogP contribution in [-0.4, -0.2) is 28.0 Å². The van der Waals surface area contributed by atoms with Crippen LogP contribution in [0.4, 0.5) is 11.5 Å². The molecule has 3 rings (SSSR count). The Morgan fingerprint density at radius 2 is 1.80 bits per heavy atom. The predicted molar refractivity (Wildman–Crippen MR) is 101 cm³/mol. The lowest BCUT2D eigenvalue weighted by Gasteiger charge is -2.31. The lowest BCUT2D eigenvalue weighted by atomic mass is 9.95. The van der Waals surface area contributed by atoms with Crippen LogP contribution in [0.3, 0.4) is 0 Å². The first kappa shape index (κ1) is 18.9. The van der Waals surface area contributed by atoms with Crippen LogP contribution in [0.25, 0.3) is 5.57 Å². The molecule has 2 heterocycles. The monoisotopic (exact) mass is 360 g/mol. The second-order valence-electron chi connectivity index (χ2n) is 5.41. The van der Waals surface area contributed by atoms with Crippen LogP contribution in [0.2, 0.25) is 5.15 Å². The van der Waals surface area contributed by atoms with Gasteiger partial charge in [-0.15, -0.1) is 0 Å². The summed E-state index contributed by atoms with van der Waals surface area (Å²) in [4.78, 5) is 20.9. The fourth-order valence-electron chi connectivity index (χ4n) is 2.69. The Bertz CT molecular complexity index is 775. The molecule has 25 heavy (non-hydrogen) atoms. The first-order valence-corrected chi connectivity index (χ1v) is 8.59. The third-order valence-corrected chi connectivity index (χ3v) is 4.25. The highest BCUT2D eigenvalue weighted by Gasteiger charge is 2.21. The van der Waals surface area contributed by atoms with E-state index < -0.39 is 4.92 Å². The molecule has 0 atom stereocenters. The number of nitro groups is 1. The summed E-state index contributed by atoms with van der Waals surface area (Å²) in [5.74, 6) is 0.668. The van der Waals surface area contributed by atoms with Gasteiger partial charge in [0.05, 0.1) is 4.92 Å². The van der Waals surface area contributed by atoms with Crippen molar-refractivity contribution < 1.29 is 4.92 Å². The second kappa shape index (κ2) is 8.58. The van der Waals surface area contributed by atoms with Crippen molar-refractivity contribution in [2.45, 2.75) is 27.2 Å². The number of anilines is 1. The smallest absolute Gasteiger partial charge is 0.269 e. The summed E-state index contributed by atoms with van der Waals surface area (Å²) in [5, 5.41) is 11.2. The molecule has 0 N–H and O–H groups in total. The molecule has 6 nitrogen and oxygen atoms in total. The zero-order valence-electron chi connectivity index (χ0n) is 14.6. The SMILES string of the molecule is CC.CC1=C(c2ccc([N+](=O)[O-])cc2)CN(c2nccnc2Cl)CC1. The number of rotatable bonds is 3. The van der Waals surface area contributed by atoms with Gasteiger partial charge >= 0.3 is 0 Å². The van der Waals surface area contributed by atoms with Gasteiger partial charge in [0.1, 0.15) is 0 Å². The number of benzene rings is 1. The molecule has 0 amide bonds. The molecule has 0 saturated carbocycles. The minimum Gasteiger partial charge on any atom is -0.349 e. The molecule has 0 fully saturated rings. The van der Waals surface area contributed by atoms with Crippen LogP contribution >= 0.6 is 11.6 Å². The summed E-state index contributed by atoms with van der Waals surface area (Å²) in [6, 6.07) is 6.64. The minimum absolute atomic E-state index is 0.0941.